The fourth-order valence-electron chi connectivity index (χ4n) is 1.31. The van der Waals surface area contributed by atoms with Gasteiger partial charge in [0.1, 0.15) is 0 Å². The van der Waals surface area contributed by atoms with Crippen molar-refractivity contribution in [1.29, 1.82) is 0 Å². The lowest BCUT2D eigenvalue weighted by atomic mass is 10.3. The van der Waals surface area contributed by atoms with Crippen molar-refractivity contribution in [2.24, 2.45) is 0 Å². The average molecular weight is 198 g/mol. The van der Waals surface area contributed by atoms with Crippen LogP contribution in [0.15, 0.2) is 0 Å². The zero-order valence-electron chi connectivity index (χ0n) is 8.51. The quantitative estimate of drug-likeness (QED) is 0.645. The normalized spacial score (nSPS) is 23.7. The largest absolute Gasteiger partial charge is 0.377 e. The smallest absolute Gasteiger partial charge is 0.0666 e. The van der Waals surface area contributed by atoms with Gasteiger partial charge in [0.15, 0.2) is 0 Å². The summed E-state index contributed by atoms with van der Waals surface area (Å²) in [6.07, 6.45) is 3.93. The molecule has 0 N–H and O–H groups in total. The van der Waals surface area contributed by atoms with Crippen molar-refractivity contribution in [2.75, 3.05) is 12.4 Å². The zero-order chi connectivity index (χ0) is 9.52. The number of ether oxygens (including phenoxy) is 1. The van der Waals surface area contributed by atoms with Crippen LogP contribution in [-0.4, -0.2) is 23.7 Å². The maximum Gasteiger partial charge on any atom is 0.0666 e. The topological polar surface area (TPSA) is 9.23 Å². The zero-order valence-corrected chi connectivity index (χ0v) is 9.32. The number of rotatable bonds is 3. The molecule has 1 fully saturated rings. The summed E-state index contributed by atoms with van der Waals surface area (Å²) in [7, 11) is 0. The van der Waals surface area contributed by atoms with Crippen LogP contribution in [0.4, 0.5) is 0 Å². The summed E-state index contributed by atoms with van der Waals surface area (Å²) >= 11 is 1.91. The Morgan fingerprint density at radius 3 is 3.08 bits per heavy atom. The second-order valence-corrected chi connectivity index (χ2v) is 4.66. The van der Waals surface area contributed by atoms with E-state index in [9.17, 15) is 0 Å². The highest BCUT2D eigenvalue weighted by Gasteiger charge is 2.15. The second-order valence-electron chi connectivity index (χ2n) is 3.29. The van der Waals surface area contributed by atoms with E-state index in [2.05, 4.69) is 25.7 Å². The molecule has 1 nitrogen and oxygen atoms in total. The van der Waals surface area contributed by atoms with Crippen molar-refractivity contribution in [3.05, 3.63) is 0 Å². The van der Waals surface area contributed by atoms with Crippen LogP contribution in [0.2, 0.25) is 0 Å². The Balaban J connectivity index is 2.10. The van der Waals surface area contributed by atoms with Gasteiger partial charge in [-0.15, -0.1) is 17.7 Å². The molecule has 0 bridgehead atoms. The lowest BCUT2D eigenvalue weighted by Gasteiger charge is -2.09. The number of thioether (sulfide) groups is 1. The van der Waals surface area contributed by atoms with E-state index in [1.165, 1.54) is 12.8 Å². The average Bonchev–Trinajstić information content (AvgIpc) is 2.64. The van der Waals surface area contributed by atoms with E-state index >= 15 is 0 Å². The lowest BCUT2D eigenvalue weighted by Crippen LogP contribution is -2.10. The van der Waals surface area contributed by atoms with Gasteiger partial charge >= 0.3 is 0 Å². The van der Waals surface area contributed by atoms with Gasteiger partial charge in [-0.3, -0.25) is 0 Å². The third kappa shape index (κ3) is 4.59. The molecule has 0 saturated carbocycles. The Hall–Kier alpha value is -0.130. The predicted molar refractivity (Wildman–Crippen MR) is 59.0 cm³/mol. The van der Waals surface area contributed by atoms with Gasteiger partial charge in [-0.25, -0.2) is 0 Å². The van der Waals surface area contributed by atoms with Gasteiger partial charge in [0.05, 0.1) is 11.4 Å². The van der Waals surface area contributed by atoms with Crippen LogP contribution in [0, 0.1) is 11.8 Å². The van der Waals surface area contributed by atoms with Crippen LogP contribution in [0.3, 0.4) is 0 Å². The van der Waals surface area contributed by atoms with Crippen LogP contribution >= 0.6 is 11.8 Å². The molecular formula is C11H18OS. The van der Waals surface area contributed by atoms with Gasteiger partial charge in [-0.2, -0.15) is 0 Å². The Kier molecular flexibility index (Phi) is 5.34. The van der Waals surface area contributed by atoms with Crippen LogP contribution in [0.1, 0.15) is 33.1 Å². The molecule has 2 unspecified atom stereocenters. The Bertz CT molecular complexity index is 186. The molecular weight excluding hydrogens is 180 g/mol. The molecule has 0 spiro atoms. The van der Waals surface area contributed by atoms with Gasteiger partial charge < -0.3 is 4.74 Å². The molecule has 0 aromatic rings. The molecule has 0 aromatic heterocycles. The van der Waals surface area contributed by atoms with Crippen molar-refractivity contribution in [3.8, 4) is 11.8 Å². The Morgan fingerprint density at radius 1 is 1.62 bits per heavy atom. The minimum absolute atomic E-state index is 0.462. The highest BCUT2D eigenvalue weighted by molar-refractivity contribution is 8.00. The van der Waals surface area contributed by atoms with Crippen molar-refractivity contribution < 1.29 is 4.74 Å². The van der Waals surface area contributed by atoms with Crippen molar-refractivity contribution in [1.82, 2.24) is 0 Å². The first-order valence-corrected chi connectivity index (χ1v) is 6.09. The molecule has 1 heterocycles. The van der Waals surface area contributed by atoms with Crippen LogP contribution in [0.5, 0.6) is 0 Å². The van der Waals surface area contributed by atoms with E-state index in [0.29, 0.717) is 11.4 Å². The van der Waals surface area contributed by atoms with E-state index in [-0.39, 0.29) is 0 Å². The summed E-state index contributed by atoms with van der Waals surface area (Å²) in [5, 5.41) is 0.462. The Labute approximate surface area is 85.6 Å². The molecule has 1 aliphatic rings. The summed E-state index contributed by atoms with van der Waals surface area (Å²) in [6.45, 7) is 5.22. The minimum Gasteiger partial charge on any atom is -0.377 e. The minimum atomic E-state index is 0.462. The second kappa shape index (κ2) is 6.34. The molecule has 2 heteroatoms. The molecule has 13 heavy (non-hydrogen) atoms. The highest BCUT2D eigenvalue weighted by atomic mass is 32.2. The highest BCUT2D eigenvalue weighted by Crippen LogP contribution is 2.19. The first-order valence-electron chi connectivity index (χ1n) is 5.04. The third-order valence-corrected chi connectivity index (χ3v) is 3.22. The molecule has 1 rings (SSSR count). The van der Waals surface area contributed by atoms with Crippen molar-refractivity contribution >= 4 is 11.8 Å². The van der Waals surface area contributed by atoms with Gasteiger partial charge in [0.25, 0.3) is 0 Å². The molecule has 0 aliphatic carbocycles. The summed E-state index contributed by atoms with van der Waals surface area (Å²) < 4.78 is 5.54. The summed E-state index contributed by atoms with van der Waals surface area (Å²) in [4.78, 5) is 0. The standard InChI is InChI=1S/C11H18OS/c1-3-4-6-10(2)13-9-11-7-5-8-12-11/h10-11H,3,5,7-9H2,1-2H3. The van der Waals surface area contributed by atoms with Crippen molar-refractivity contribution in [2.45, 2.75) is 44.5 Å². The summed E-state index contributed by atoms with van der Waals surface area (Å²) in [5.74, 6) is 7.44. The summed E-state index contributed by atoms with van der Waals surface area (Å²) in [6, 6.07) is 0. The van der Waals surface area contributed by atoms with Gasteiger partial charge in [0.2, 0.25) is 0 Å². The molecule has 0 radical (unpaired) electrons. The maximum absolute atomic E-state index is 5.54. The van der Waals surface area contributed by atoms with Crippen molar-refractivity contribution in [3.63, 3.8) is 0 Å². The van der Waals surface area contributed by atoms with E-state index in [0.717, 1.165) is 18.8 Å². The van der Waals surface area contributed by atoms with E-state index < -0.39 is 0 Å². The molecule has 1 saturated heterocycles. The Morgan fingerprint density at radius 2 is 2.46 bits per heavy atom. The summed E-state index contributed by atoms with van der Waals surface area (Å²) in [5.41, 5.74) is 0. The van der Waals surface area contributed by atoms with E-state index in [1.807, 2.05) is 11.8 Å². The molecule has 0 aromatic carbocycles. The van der Waals surface area contributed by atoms with Gasteiger partial charge in [-0.05, 0) is 19.8 Å². The van der Waals surface area contributed by atoms with Crippen LogP contribution in [-0.2, 0) is 4.74 Å². The number of hydrogen-bond donors (Lipinski definition) is 0. The molecule has 1 aliphatic heterocycles. The third-order valence-electron chi connectivity index (χ3n) is 2.04. The SMILES string of the molecule is CCC#CC(C)SCC1CCCO1. The molecule has 2 atom stereocenters. The van der Waals surface area contributed by atoms with E-state index in [4.69, 9.17) is 4.74 Å². The molecule has 74 valence electrons. The van der Waals surface area contributed by atoms with E-state index in [1.54, 1.807) is 0 Å². The monoisotopic (exact) mass is 198 g/mol. The maximum atomic E-state index is 5.54. The van der Waals surface area contributed by atoms with Crippen LogP contribution in [0.25, 0.3) is 0 Å². The first kappa shape index (κ1) is 10.9. The molecule has 0 amide bonds. The fraction of sp³-hybridized carbons (Fsp3) is 0.818. The van der Waals surface area contributed by atoms with Gasteiger partial charge in [-0.1, -0.05) is 12.8 Å². The lowest BCUT2D eigenvalue weighted by molar-refractivity contribution is 0.129. The first-order chi connectivity index (χ1) is 6.33. The van der Waals surface area contributed by atoms with Crippen LogP contribution < -0.4 is 0 Å². The fourth-order valence-corrected chi connectivity index (χ4v) is 2.25. The number of hydrogen-bond acceptors (Lipinski definition) is 2. The predicted octanol–water partition coefficient (Wildman–Crippen LogP) is 2.70. The van der Waals surface area contributed by atoms with Gasteiger partial charge in [0, 0.05) is 18.8 Å².